The molecule has 7 heteroatoms. The van der Waals surface area contributed by atoms with Gasteiger partial charge in [0.1, 0.15) is 5.82 Å². The number of benzene rings is 1. The largest absolute Gasteiger partial charge is 0.338 e. The Morgan fingerprint density at radius 2 is 1.93 bits per heavy atom. The van der Waals surface area contributed by atoms with Gasteiger partial charge in [0.2, 0.25) is 0 Å². The summed E-state index contributed by atoms with van der Waals surface area (Å²) in [6, 6.07) is 7.56. The monoisotopic (exact) mass is 390 g/mol. The molecule has 3 rings (SSSR count). The number of hydrogen-bond donors (Lipinski definition) is 2. The van der Waals surface area contributed by atoms with Crippen molar-refractivity contribution in [3.05, 3.63) is 78.3 Å². The number of carbonyl (C=O) groups excluding carboxylic acids is 1. The number of aryl methyl sites for hydroxylation is 1. The minimum atomic E-state index is -0.238. The molecule has 7 nitrogen and oxygen atoms in total. The highest BCUT2D eigenvalue weighted by Gasteiger charge is 2.15. The zero-order valence-electron chi connectivity index (χ0n) is 17.2. The van der Waals surface area contributed by atoms with E-state index in [4.69, 9.17) is 5.84 Å². The second-order valence-electron chi connectivity index (χ2n) is 7.84. The topological polar surface area (TPSA) is 90.8 Å². The third kappa shape index (κ3) is 4.63. The van der Waals surface area contributed by atoms with Gasteiger partial charge in [-0.2, -0.15) is 0 Å². The Morgan fingerprint density at radius 1 is 1.24 bits per heavy atom. The molecule has 0 aliphatic rings. The Kier molecular flexibility index (Phi) is 5.41. The van der Waals surface area contributed by atoms with E-state index in [1.807, 2.05) is 42.0 Å². The lowest BCUT2D eigenvalue weighted by molar-refractivity contribution is 0.102. The lowest BCUT2D eigenvalue weighted by Crippen LogP contribution is -2.14. The molecule has 0 unspecified atom stereocenters. The number of aromatic nitrogens is 4. The maximum atomic E-state index is 12.5. The van der Waals surface area contributed by atoms with E-state index in [9.17, 15) is 4.79 Å². The van der Waals surface area contributed by atoms with Gasteiger partial charge in [0, 0.05) is 23.7 Å². The number of nitrogen functional groups attached to an aromatic ring is 1. The molecule has 0 fully saturated rings. The van der Waals surface area contributed by atoms with E-state index in [0.717, 1.165) is 11.5 Å². The van der Waals surface area contributed by atoms with Gasteiger partial charge >= 0.3 is 0 Å². The van der Waals surface area contributed by atoms with Gasteiger partial charge in [-0.25, -0.2) is 14.6 Å². The molecule has 0 bridgehead atoms. The van der Waals surface area contributed by atoms with Crippen LogP contribution in [0.25, 0.3) is 11.8 Å². The number of allylic oxidation sites excluding steroid dienone is 2. The number of carbonyl (C=O) groups is 1. The third-order valence-electron chi connectivity index (χ3n) is 4.58. The first-order valence-electron chi connectivity index (χ1n) is 9.29. The number of rotatable bonds is 5. The average Bonchev–Trinajstić information content (AvgIpc) is 3.24. The van der Waals surface area contributed by atoms with Gasteiger partial charge in [-0.1, -0.05) is 39.5 Å². The summed E-state index contributed by atoms with van der Waals surface area (Å²) in [7, 11) is 0. The number of hydrogen-bond acceptors (Lipinski definition) is 4. The fraction of sp³-hybridized carbons (Fsp3) is 0.227. The standard InChI is InChI=1S/C22H26N6O/c1-15(27-13-12-24-16(27)2)6-11-20-25-19(14-28(20)23)26-21(29)17-7-9-18(10-8-17)22(3,4)5/h6-14H,1,23H2,2-5H3,(H,26,29)/b11-6-. The maximum absolute atomic E-state index is 12.5. The predicted octanol–water partition coefficient (Wildman–Crippen LogP) is 3.84. The third-order valence-corrected chi connectivity index (χ3v) is 4.58. The van der Waals surface area contributed by atoms with Gasteiger partial charge in [0.05, 0.1) is 6.20 Å². The van der Waals surface area contributed by atoms with Crippen molar-refractivity contribution < 1.29 is 4.79 Å². The Morgan fingerprint density at radius 3 is 2.52 bits per heavy atom. The van der Waals surface area contributed by atoms with Crippen LogP contribution in [0.2, 0.25) is 0 Å². The lowest BCUT2D eigenvalue weighted by atomic mass is 9.87. The second-order valence-corrected chi connectivity index (χ2v) is 7.84. The second kappa shape index (κ2) is 7.79. The predicted molar refractivity (Wildman–Crippen MR) is 117 cm³/mol. The van der Waals surface area contributed by atoms with Crippen LogP contribution in [-0.4, -0.2) is 25.1 Å². The SMILES string of the molecule is C=C(/C=C\c1nc(NC(=O)c2ccc(C(C)(C)C)cc2)cn1N)n1ccnc1C. The minimum Gasteiger partial charge on any atom is -0.338 e. The smallest absolute Gasteiger partial charge is 0.256 e. The van der Waals surface area contributed by atoms with Crippen LogP contribution >= 0.6 is 0 Å². The summed E-state index contributed by atoms with van der Waals surface area (Å²) in [5.41, 5.74) is 2.49. The van der Waals surface area contributed by atoms with Gasteiger partial charge in [-0.3, -0.25) is 4.79 Å². The van der Waals surface area contributed by atoms with E-state index in [1.54, 1.807) is 24.5 Å². The fourth-order valence-corrected chi connectivity index (χ4v) is 2.83. The van der Waals surface area contributed by atoms with Crippen LogP contribution < -0.4 is 11.2 Å². The summed E-state index contributed by atoms with van der Waals surface area (Å²) in [4.78, 5) is 21.0. The van der Waals surface area contributed by atoms with Gasteiger partial charge < -0.3 is 15.7 Å². The molecule has 0 saturated carbocycles. The van der Waals surface area contributed by atoms with E-state index in [2.05, 4.69) is 42.6 Å². The van der Waals surface area contributed by atoms with Crippen LogP contribution in [0.4, 0.5) is 5.82 Å². The summed E-state index contributed by atoms with van der Waals surface area (Å²) in [5, 5.41) is 2.78. The van der Waals surface area contributed by atoms with Crippen LogP contribution in [-0.2, 0) is 5.41 Å². The lowest BCUT2D eigenvalue weighted by Gasteiger charge is -2.18. The first-order valence-corrected chi connectivity index (χ1v) is 9.29. The summed E-state index contributed by atoms with van der Waals surface area (Å²) in [6.45, 7) is 12.3. The Labute approximate surface area is 170 Å². The van der Waals surface area contributed by atoms with Gasteiger partial charge in [0.15, 0.2) is 11.6 Å². The van der Waals surface area contributed by atoms with E-state index >= 15 is 0 Å². The number of nitrogens with two attached hydrogens (primary N) is 1. The van der Waals surface area contributed by atoms with Gasteiger partial charge in [0.25, 0.3) is 5.91 Å². The first kappa shape index (κ1) is 20.1. The molecule has 150 valence electrons. The van der Waals surface area contributed by atoms with Gasteiger partial charge in [-0.15, -0.1) is 0 Å². The molecular weight excluding hydrogens is 364 g/mol. The van der Waals surface area contributed by atoms with Crippen molar-refractivity contribution in [3.8, 4) is 0 Å². The van der Waals surface area contributed by atoms with E-state index in [0.29, 0.717) is 17.2 Å². The molecule has 0 radical (unpaired) electrons. The normalized spacial score (nSPS) is 11.7. The molecule has 1 amide bonds. The summed E-state index contributed by atoms with van der Waals surface area (Å²) >= 11 is 0. The van der Waals surface area contributed by atoms with Crippen LogP contribution in [0.1, 0.15) is 48.3 Å². The maximum Gasteiger partial charge on any atom is 0.256 e. The molecule has 0 saturated heterocycles. The van der Waals surface area contributed by atoms with E-state index in [1.165, 1.54) is 10.2 Å². The Hall–Kier alpha value is -3.61. The molecule has 3 aromatic rings. The zero-order valence-corrected chi connectivity index (χ0v) is 17.2. The number of amides is 1. The summed E-state index contributed by atoms with van der Waals surface area (Å²) in [6.07, 6.45) is 8.62. The summed E-state index contributed by atoms with van der Waals surface area (Å²) < 4.78 is 3.20. The molecular formula is C22H26N6O. The van der Waals surface area contributed by atoms with E-state index in [-0.39, 0.29) is 11.3 Å². The number of nitrogens with one attached hydrogen (secondary N) is 1. The molecule has 2 heterocycles. The van der Waals surface area contributed by atoms with Crippen molar-refractivity contribution in [2.75, 3.05) is 11.2 Å². The van der Waals surface area contributed by atoms with Crippen LogP contribution in [0, 0.1) is 6.92 Å². The van der Waals surface area contributed by atoms with Gasteiger partial charge in [-0.05, 0) is 42.2 Å². The van der Waals surface area contributed by atoms with Crippen LogP contribution in [0.3, 0.4) is 0 Å². The van der Waals surface area contributed by atoms with Crippen LogP contribution in [0.5, 0.6) is 0 Å². The number of imidazole rings is 2. The first-order chi connectivity index (χ1) is 13.6. The molecule has 0 spiro atoms. The van der Waals surface area contributed by atoms with Crippen LogP contribution in [0.15, 0.2) is 55.5 Å². The molecule has 2 aromatic heterocycles. The zero-order chi connectivity index (χ0) is 21.2. The number of anilines is 1. The summed E-state index contributed by atoms with van der Waals surface area (Å²) in [5.74, 6) is 7.42. The number of nitrogens with zero attached hydrogens (tertiary/aromatic N) is 4. The highest BCUT2D eigenvalue weighted by atomic mass is 16.1. The van der Waals surface area contributed by atoms with Crippen molar-refractivity contribution >= 4 is 23.5 Å². The van der Waals surface area contributed by atoms with Crippen molar-refractivity contribution in [2.45, 2.75) is 33.1 Å². The fourth-order valence-electron chi connectivity index (χ4n) is 2.83. The van der Waals surface area contributed by atoms with Crippen molar-refractivity contribution in [3.63, 3.8) is 0 Å². The Balaban J connectivity index is 1.70. The minimum absolute atomic E-state index is 0.0355. The molecule has 0 atom stereocenters. The highest BCUT2D eigenvalue weighted by molar-refractivity contribution is 6.03. The molecule has 3 N–H and O–H groups in total. The van der Waals surface area contributed by atoms with Crippen molar-refractivity contribution in [1.82, 2.24) is 19.2 Å². The highest BCUT2D eigenvalue weighted by Crippen LogP contribution is 2.22. The van der Waals surface area contributed by atoms with E-state index < -0.39 is 0 Å². The quantitative estimate of drug-likeness (QED) is 0.512. The van der Waals surface area contributed by atoms with Crippen molar-refractivity contribution in [1.29, 1.82) is 0 Å². The molecule has 1 aromatic carbocycles. The van der Waals surface area contributed by atoms with Crippen molar-refractivity contribution in [2.24, 2.45) is 0 Å². The molecule has 0 aliphatic carbocycles. The molecule has 29 heavy (non-hydrogen) atoms. The Bertz CT molecular complexity index is 1060. The average molecular weight is 390 g/mol. The molecule has 0 aliphatic heterocycles.